The molecule has 2 atom stereocenters. The molecular formula is C10H18O. The minimum atomic E-state index is 0.245. The third-order valence-corrected chi connectivity index (χ3v) is 3.36. The number of allylic oxidation sites excluding steroid dienone is 1. The maximum atomic E-state index is 9.05. The topological polar surface area (TPSA) is 20.2 Å². The zero-order chi connectivity index (χ0) is 8.48. The van der Waals surface area contributed by atoms with Crippen LogP contribution in [0.25, 0.3) is 0 Å². The molecule has 0 aromatic rings. The molecule has 0 spiro atoms. The Kier molecular flexibility index (Phi) is 2.38. The Morgan fingerprint density at radius 1 is 1.73 bits per heavy atom. The average Bonchev–Trinajstić information content (AvgIpc) is 1.87. The maximum Gasteiger partial charge on any atom is 0.0467 e. The summed E-state index contributed by atoms with van der Waals surface area (Å²) in [6, 6.07) is 0. The molecule has 0 aromatic carbocycles. The van der Waals surface area contributed by atoms with Gasteiger partial charge in [0.05, 0.1) is 0 Å². The number of aliphatic hydroxyl groups is 1. The van der Waals surface area contributed by atoms with E-state index < -0.39 is 0 Å². The highest BCUT2D eigenvalue weighted by atomic mass is 16.3. The first kappa shape index (κ1) is 8.79. The van der Waals surface area contributed by atoms with E-state index in [1.807, 2.05) is 6.08 Å². The van der Waals surface area contributed by atoms with Gasteiger partial charge in [0.1, 0.15) is 0 Å². The smallest absolute Gasteiger partial charge is 0.0467 e. The maximum absolute atomic E-state index is 9.05. The van der Waals surface area contributed by atoms with Gasteiger partial charge in [0.15, 0.2) is 0 Å². The normalized spacial score (nSPS) is 36.9. The zero-order valence-corrected chi connectivity index (χ0v) is 7.51. The number of hydrogen-bond acceptors (Lipinski definition) is 1. The van der Waals surface area contributed by atoms with Gasteiger partial charge in [0.25, 0.3) is 0 Å². The molecule has 1 rings (SSSR count). The first-order chi connectivity index (χ1) is 5.17. The van der Waals surface area contributed by atoms with Crippen molar-refractivity contribution in [2.75, 3.05) is 6.61 Å². The predicted molar refractivity (Wildman–Crippen MR) is 47.3 cm³/mol. The molecule has 0 aliphatic heterocycles. The van der Waals surface area contributed by atoms with E-state index in [0.29, 0.717) is 18.4 Å². The number of rotatable bonds is 3. The van der Waals surface area contributed by atoms with E-state index in [0.717, 1.165) is 0 Å². The third kappa shape index (κ3) is 1.12. The Morgan fingerprint density at radius 3 is 2.45 bits per heavy atom. The molecule has 1 fully saturated rings. The van der Waals surface area contributed by atoms with Crippen LogP contribution in [-0.2, 0) is 0 Å². The molecule has 0 radical (unpaired) electrons. The molecule has 0 saturated heterocycles. The van der Waals surface area contributed by atoms with Crippen molar-refractivity contribution in [3.63, 3.8) is 0 Å². The van der Waals surface area contributed by atoms with Crippen molar-refractivity contribution in [1.82, 2.24) is 0 Å². The van der Waals surface area contributed by atoms with Gasteiger partial charge in [-0.15, -0.1) is 6.58 Å². The highest BCUT2D eigenvalue weighted by molar-refractivity contribution is 5.07. The molecule has 1 N–H and O–H groups in total. The first-order valence-corrected chi connectivity index (χ1v) is 4.42. The van der Waals surface area contributed by atoms with Crippen molar-refractivity contribution in [3.8, 4) is 0 Å². The summed E-state index contributed by atoms with van der Waals surface area (Å²) >= 11 is 0. The van der Waals surface area contributed by atoms with Crippen LogP contribution in [0.2, 0.25) is 0 Å². The summed E-state index contributed by atoms with van der Waals surface area (Å²) in [5.41, 5.74) is 0.245. The SMILES string of the molecule is C=CC1(C(C)C)CCC1CO. The van der Waals surface area contributed by atoms with Gasteiger partial charge >= 0.3 is 0 Å². The third-order valence-electron chi connectivity index (χ3n) is 3.36. The van der Waals surface area contributed by atoms with Gasteiger partial charge in [-0.1, -0.05) is 19.9 Å². The van der Waals surface area contributed by atoms with Crippen LogP contribution in [0.15, 0.2) is 12.7 Å². The summed E-state index contributed by atoms with van der Waals surface area (Å²) in [5.74, 6) is 1.09. The molecule has 1 saturated carbocycles. The lowest BCUT2D eigenvalue weighted by Gasteiger charge is -2.50. The fraction of sp³-hybridized carbons (Fsp3) is 0.800. The van der Waals surface area contributed by atoms with E-state index in [-0.39, 0.29) is 5.41 Å². The fourth-order valence-electron chi connectivity index (χ4n) is 2.21. The molecule has 1 heteroatoms. The largest absolute Gasteiger partial charge is 0.396 e. The second-order valence-corrected chi connectivity index (χ2v) is 3.89. The van der Waals surface area contributed by atoms with E-state index in [2.05, 4.69) is 20.4 Å². The quantitative estimate of drug-likeness (QED) is 0.618. The molecule has 0 aromatic heterocycles. The van der Waals surface area contributed by atoms with Gasteiger partial charge < -0.3 is 5.11 Å². The van der Waals surface area contributed by atoms with Gasteiger partial charge in [-0.05, 0) is 30.1 Å². The summed E-state index contributed by atoms with van der Waals surface area (Å²) in [7, 11) is 0. The Balaban J connectivity index is 2.68. The van der Waals surface area contributed by atoms with Gasteiger partial charge in [-0.25, -0.2) is 0 Å². The van der Waals surface area contributed by atoms with Gasteiger partial charge in [-0.3, -0.25) is 0 Å². The molecule has 64 valence electrons. The van der Waals surface area contributed by atoms with E-state index in [1.54, 1.807) is 0 Å². The van der Waals surface area contributed by atoms with Crippen LogP contribution >= 0.6 is 0 Å². The Morgan fingerprint density at radius 2 is 2.36 bits per heavy atom. The predicted octanol–water partition coefficient (Wildman–Crippen LogP) is 2.22. The minimum absolute atomic E-state index is 0.245. The molecular weight excluding hydrogens is 136 g/mol. The standard InChI is InChI=1S/C10H18O/c1-4-10(8(2)3)6-5-9(10)7-11/h4,8-9,11H,1,5-7H2,2-3H3. The Hall–Kier alpha value is -0.300. The van der Waals surface area contributed by atoms with Gasteiger partial charge in [0, 0.05) is 6.61 Å². The van der Waals surface area contributed by atoms with Crippen molar-refractivity contribution >= 4 is 0 Å². The van der Waals surface area contributed by atoms with Crippen molar-refractivity contribution in [2.24, 2.45) is 17.3 Å². The van der Waals surface area contributed by atoms with Crippen molar-refractivity contribution in [3.05, 3.63) is 12.7 Å². The summed E-state index contributed by atoms with van der Waals surface area (Å²) < 4.78 is 0. The van der Waals surface area contributed by atoms with Gasteiger partial charge in [0.2, 0.25) is 0 Å². The lowest BCUT2D eigenvalue weighted by Crippen LogP contribution is -2.44. The summed E-state index contributed by atoms with van der Waals surface area (Å²) in [6.07, 6.45) is 4.42. The van der Waals surface area contributed by atoms with Crippen LogP contribution in [0, 0.1) is 17.3 Å². The molecule has 0 amide bonds. The highest BCUT2D eigenvalue weighted by Gasteiger charge is 2.45. The van der Waals surface area contributed by atoms with Crippen LogP contribution in [0.3, 0.4) is 0 Å². The van der Waals surface area contributed by atoms with E-state index in [1.165, 1.54) is 12.8 Å². The average molecular weight is 154 g/mol. The van der Waals surface area contributed by atoms with Crippen molar-refractivity contribution in [2.45, 2.75) is 26.7 Å². The number of hydrogen-bond donors (Lipinski definition) is 1. The van der Waals surface area contributed by atoms with Crippen LogP contribution in [0.5, 0.6) is 0 Å². The highest BCUT2D eigenvalue weighted by Crippen LogP contribution is 2.52. The molecule has 0 heterocycles. The van der Waals surface area contributed by atoms with Crippen molar-refractivity contribution < 1.29 is 5.11 Å². The first-order valence-electron chi connectivity index (χ1n) is 4.42. The van der Waals surface area contributed by atoms with E-state index >= 15 is 0 Å². The molecule has 1 aliphatic carbocycles. The fourth-order valence-corrected chi connectivity index (χ4v) is 2.21. The summed E-state index contributed by atoms with van der Waals surface area (Å²) in [6.45, 7) is 8.61. The molecule has 1 nitrogen and oxygen atoms in total. The van der Waals surface area contributed by atoms with E-state index in [9.17, 15) is 0 Å². The van der Waals surface area contributed by atoms with Crippen LogP contribution < -0.4 is 0 Å². The molecule has 11 heavy (non-hydrogen) atoms. The summed E-state index contributed by atoms with van der Waals surface area (Å²) in [5, 5.41) is 9.05. The molecule has 2 unspecified atom stereocenters. The van der Waals surface area contributed by atoms with Crippen molar-refractivity contribution in [1.29, 1.82) is 0 Å². The monoisotopic (exact) mass is 154 g/mol. The second kappa shape index (κ2) is 2.98. The van der Waals surface area contributed by atoms with Crippen LogP contribution in [-0.4, -0.2) is 11.7 Å². The second-order valence-electron chi connectivity index (χ2n) is 3.89. The van der Waals surface area contributed by atoms with Crippen LogP contribution in [0.4, 0.5) is 0 Å². The lowest BCUT2D eigenvalue weighted by molar-refractivity contribution is -0.00701. The van der Waals surface area contributed by atoms with Crippen LogP contribution in [0.1, 0.15) is 26.7 Å². The molecule has 1 aliphatic rings. The lowest BCUT2D eigenvalue weighted by atomic mass is 9.55. The van der Waals surface area contributed by atoms with Gasteiger partial charge in [-0.2, -0.15) is 0 Å². The Bertz CT molecular complexity index is 149. The molecule has 0 bridgehead atoms. The minimum Gasteiger partial charge on any atom is -0.396 e. The number of aliphatic hydroxyl groups excluding tert-OH is 1. The Labute approximate surface area is 69.1 Å². The summed E-state index contributed by atoms with van der Waals surface area (Å²) in [4.78, 5) is 0. The zero-order valence-electron chi connectivity index (χ0n) is 7.51. The van der Waals surface area contributed by atoms with E-state index in [4.69, 9.17) is 5.11 Å².